The van der Waals surface area contributed by atoms with Crippen LogP contribution in [0, 0.1) is 5.92 Å². The first-order chi connectivity index (χ1) is 10.2. The minimum absolute atomic E-state index is 0.0821. The van der Waals surface area contributed by atoms with Gasteiger partial charge in [0, 0.05) is 12.6 Å². The molecule has 1 aromatic carbocycles. The maximum absolute atomic E-state index is 6.35. The van der Waals surface area contributed by atoms with E-state index in [1.165, 1.54) is 24.3 Å². The molecule has 1 saturated heterocycles. The van der Waals surface area contributed by atoms with Crippen LogP contribution in [0.2, 0.25) is 0 Å². The van der Waals surface area contributed by atoms with Gasteiger partial charge in [0.1, 0.15) is 11.6 Å². The van der Waals surface area contributed by atoms with Crippen LogP contribution in [0.25, 0.3) is 11.0 Å². The lowest BCUT2D eigenvalue weighted by atomic mass is 10.0. The minimum Gasteiger partial charge on any atom is -0.497 e. The van der Waals surface area contributed by atoms with E-state index in [0.29, 0.717) is 0 Å². The van der Waals surface area contributed by atoms with Gasteiger partial charge in [0.05, 0.1) is 23.5 Å². The Bertz CT molecular complexity index is 620. The molecule has 114 valence electrons. The molecule has 0 aliphatic carbocycles. The molecule has 0 amide bonds. The number of hydrogen-bond donors (Lipinski definition) is 0. The Labute approximate surface area is 135 Å². The third-order valence-electron chi connectivity index (χ3n) is 4.12. The number of methoxy groups -OCH3 is 1. The summed E-state index contributed by atoms with van der Waals surface area (Å²) < 4.78 is 7.61. The van der Waals surface area contributed by atoms with E-state index in [9.17, 15) is 0 Å². The van der Waals surface area contributed by atoms with Gasteiger partial charge in [0.25, 0.3) is 0 Å². The first-order valence-electron chi connectivity index (χ1n) is 7.45. The Morgan fingerprint density at radius 2 is 2.19 bits per heavy atom. The Kier molecular flexibility index (Phi) is 4.65. The number of ether oxygens (including phenoxy) is 1. The highest BCUT2D eigenvalue weighted by Crippen LogP contribution is 2.31. The zero-order valence-electron chi connectivity index (χ0n) is 12.5. The highest BCUT2D eigenvalue weighted by atomic mass is 35.5. The fourth-order valence-corrected chi connectivity index (χ4v) is 4.31. The molecule has 1 atom stereocenters. The molecule has 0 bridgehead atoms. The van der Waals surface area contributed by atoms with Gasteiger partial charge in [-0.25, -0.2) is 4.98 Å². The summed E-state index contributed by atoms with van der Waals surface area (Å²) in [6.07, 6.45) is 2.58. The van der Waals surface area contributed by atoms with Gasteiger partial charge in [-0.15, -0.1) is 11.6 Å². The van der Waals surface area contributed by atoms with Crippen LogP contribution < -0.4 is 4.74 Å². The van der Waals surface area contributed by atoms with Crippen molar-refractivity contribution in [1.82, 2.24) is 9.55 Å². The average molecular weight is 325 g/mol. The lowest BCUT2D eigenvalue weighted by molar-refractivity contribution is 0.413. The number of fused-ring (bicyclic) bond motifs is 1. The summed E-state index contributed by atoms with van der Waals surface area (Å²) in [7, 11) is 1.68. The van der Waals surface area contributed by atoms with E-state index >= 15 is 0 Å². The first kappa shape index (κ1) is 15.0. The van der Waals surface area contributed by atoms with Gasteiger partial charge in [0.2, 0.25) is 0 Å². The predicted octanol–water partition coefficient (Wildman–Crippen LogP) is 4.49. The Balaban J connectivity index is 1.99. The van der Waals surface area contributed by atoms with Crippen LogP contribution in [0.15, 0.2) is 18.2 Å². The summed E-state index contributed by atoms with van der Waals surface area (Å²) >= 11 is 8.42. The third-order valence-corrected chi connectivity index (χ3v) is 5.37. The van der Waals surface area contributed by atoms with Gasteiger partial charge in [-0.3, -0.25) is 0 Å². The van der Waals surface area contributed by atoms with Gasteiger partial charge in [-0.2, -0.15) is 11.8 Å². The fraction of sp³-hybridized carbons (Fsp3) is 0.562. The van der Waals surface area contributed by atoms with Gasteiger partial charge in [-0.1, -0.05) is 0 Å². The van der Waals surface area contributed by atoms with Crippen molar-refractivity contribution in [3.8, 4) is 5.75 Å². The minimum atomic E-state index is -0.0821. The molecule has 3 nitrogen and oxygen atoms in total. The van der Waals surface area contributed by atoms with E-state index in [0.717, 1.165) is 35.1 Å². The molecular weight excluding hydrogens is 304 g/mol. The van der Waals surface area contributed by atoms with Crippen LogP contribution in [0.1, 0.15) is 31.0 Å². The zero-order valence-corrected chi connectivity index (χ0v) is 14.1. The molecule has 2 heterocycles. The molecule has 1 aliphatic rings. The van der Waals surface area contributed by atoms with E-state index in [2.05, 4.69) is 22.4 Å². The first-order valence-corrected chi connectivity index (χ1v) is 9.04. The lowest BCUT2D eigenvalue weighted by Gasteiger charge is -2.23. The van der Waals surface area contributed by atoms with E-state index in [1.54, 1.807) is 7.11 Å². The standard InChI is InChI=1S/C16H21ClN2OS/c1-11(17)16-18-14-9-13(20-2)3-4-15(14)19(16)10-12-5-7-21-8-6-12/h3-4,9,11-12H,5-8,10H2,1-2H3. The van der Waals surface area contributed by atoms with Crippen LogP contribution in [-0.2, 0) is 6.54 Å². The van der Waals surface area contributed by atoms with Crippen molar-refractivity contribution in [1.29, 1.82) is 0 Å². The largest absolute Gasteiger partial charge is 0.497 e. The summed E-state index contributed by atoms with van der Waals surface area (Å²) in [5.41, 5.74) is 2.14. The predicted molar refractivity (Wildman–Crippen MR) is 90.6 cm³/mol. The van der Waals surface area contributed by atoms with Gasteiger partial charge in [-0.05, 0) is 49.3 Å². The molecule has 1 unspecified atom stereocenters. The van der Waals surface area contributed by atoms with Crippen LogP contribution in [0.5, 0.6) is 5.75 Å². The summed E-state index contributed by atoms with van der Waals surface area (Å²) in [6.45, 7) is 3.02. The van der Waals surface area contributed by atoms with Crippen molar-refractivity contribution < 1.29 is 4.74 Å². The summed E-state index contributed by atoms with van der Waals surface area (Å²) in [6, 6.07) is 6.09. The Hall–Kier alpha value is -0.870. The normalized spacial score (nSPS) is 18.0. The van der Waals surface area contributed by atoms with Crippen molar-refractivity contribution in [2.45, 2.75) is 31.7 Å². The summed E-state index contributed by atoms with van der Waals surface area (Å²) in [5, 5.41) is -0.0821. The Morgan fingerprint density at radius 3 is 2.86 bits per heavy atom. The number of benzene rings is 1. The number of halogens is 1. The number of aromatic nitrogens is 2. The Morgan fingerprint density at radius 1 is 1.43 bits per heavy atom. The van der Waals surface area contributed by atoms with Gasteiger partial charge in [0.15, 0.2) is 0 Å². The highest BCUT2D eigenvalue weighted by molar-refractivity contribution is 7.99. The molecule has 0 N–H and O–H groups in total. The molecule has 3 rings (SSSR count). The maximum Gasteiger partial charge on any atom is 0.127 e. The van der Waals surface area contributed by atoms with Gasteiger partial charge < -0.3 is 9.30 Å². The number of rotatable bonds is 4. The quantitative estimate of drug-likeness (QED) is 0.775. The third kappa shape index (κ3) is 3.16. The highest BCUT2D eigenvalue weighted by Gasteiger charge is 2.20. The SMILES string of the molecule is COc1ccc2c(c1)nc(C(C)Cl)n2CC1CCSCC1. The zero-order chi connectivity index (χ0) is 14.8. The van der Waals surface area contributed by atoms with E-state index in [-0.39, 0.29) is 5.38 Å². The summed E-state index contributed by atoms with van der Waals surface area (Å²) in [5.74, 6) is 5.10. The second-order valence-corrected chi connectivity index (χ2v) is 7.49. The molecule has 0 saturated carbocycles. The number of thioether (sulfide) groups is 1. The van der Waals surface area contributed by atoms with Crippen LogP contribution >= 0.6 is 23.4 Å². The van der Waals surface area contributed by atoms with E-state index in [1.807, 2.05) is 19.1 Å². The summed E-state index contributed by atoms with van der Waals surface area (Å²) in [4.78, 5) is 4.73. The van der Waals surface area contributed by atoms with Crippen molar-refractivity contribution >= 4 is 34.4 Å². The van der Waals surface area contributed by atoms with E-state index < -0.39 is 0 Å². The molecule has 0 spiro atoms. The van der Waals surface area contributed by atoms with E-state index in [4.69, 9.17) is 21.3 Å². The molecule has 2 aromatic rings. The van der Waals surface area contributed by atoms with Crippen LogP contribution in [-0.4, -0.2) is 28.2 Å². The number of hydrogen-bond acceptors (Lipinski definition) is 3. The van der Waals surface area contributed by atoms with Crippen molar-refractivity contribution in [3.05, 3.63) is 24.0 Å². The maximum atomic E-state index is 6.35. The topological polar surface area (TPSA) is 27.1 Å². The smallest absolute Gasteiger partial charge is 0.127 e. The molecule has 1 aliphatic heterocycles. The second kappa shape index (κ2) is 6.49. The molecular formula is C16H21ClN2OS. The molecule has 1 aromatic heterocycles. The van der Waals surface area contributed by atoms with Crippen molar-refractivity contribution in [2.24, 2.45) is 5.92 Å². The van der Waals surface area contributed by atoms with Crippen molar-refractivity contribution in [2.75, 3.05) is 18.6 Å². The number of nitrogens with zero attached hydrogens (tertiary/aromatic N) is 2. The molecule has 5 heteroatoms. The van der Waals surface area contributed by atoms with Gasteiger partial charge >= 0.3 is 0 Å². The molecule has 0 radical (unpaired) electrons. The number of alkyl halides is 1. The second-order valence-electron chi connectivity index (χ2n) is 5.61. The lowest BCUT2D eigenvalue weighted by Crippen LogP contribution is -2.18. The van der Waals surface area contributed by atoms with Crippen molar-refractivity contribution in [3.63, 3.8) is 0 Å². The van der Waals surface area contributed by atoms with Crippen LogP contribution in [0.3, 0.4) is 0 Å². The molecule has 1 fully saturated rings. The molecule has 21 heavy (non-hydrogen) atoms. The van der Waals surface area contributed by atoms with Crippen LogP contribution in [0.4, 0.5) is 0 Å². The number of imidazole rings is 1. The monoisotopic (exact) mass is 324 g/mol. The average Bonchev–Trinajstić information content (AvgIpc) is 2.86. The fourth-order valence-electron chi connectivity index (χ4n) is 2.94.